The van der Waals surface area contributed by atoms with E-state index >= 15 is 0 Å². The monoisotopic (exact) mass is 421 g/mol. The predicted octanol–water partition coefficient (Wildman–Crippen LogP) is 5.51. The highest BCUT2D eigenvalue weighted by atomic mass is 35.5. The number of fused-ring (bicyclic) bond motifs is 1. The third-order valence-corrected chi connectivity index (χ3v) is 5.14. The molecule has 0 aliphatic carbocycles. The van der Waals surface area contributed by atoms with Crippen LogP contribution in [0.15, 0.2) is 48.7 Å². The van der Waals surface area contributed by atoms with Crippen molar-refractivity contribution in [2.75, 3.05) is 6.54 Å². The normalized spacial score (nSPS) is 14.7. The maximum atomic E-state index is 14.1. The molecule has 0 spiro atoms. The average Bonchev–Trinajstić information content (AvgIpc) is 2.69. The smallest absolute Gasteiger partial charge is 0.294 e. The zero-order valence-corrected chi connectivity index (χ0v) is 15.9. The van der Waals surface area contributed by atoms with Crippen LogP contribution in [0.5, 0.6) is 0 Å². The summed E-state index contributed by atoms with van der Waals surface area (Å²) in [5.41, 5.74) is 1.98. The Morgan fingerprint density at radius 2 is 1.83 bits per heavy atom. The lowest BCUT2D eigenvalue weighted by atomic mass is 10.0. The Bertz CT molecular complexity index is 1040. The number of halogens is 5. The summed E-state index contributed by atoms with van der Waals surface area (Å²) in [6.45, 7) is 1.36. The lowest BCUT2D eigenvalue weighted by Gasteiger charge is -2.28. The molecule has 1 aromatic heterocycles. The molecule has 0 atom stereocenters. The number of nitrogens with zero attached hydrogens (tertiary/aromatic N) is 3. The van der Waals surface area contributed by atoms with Crippen molar-refractivity contribution in [3.8, 4) is 11.4 Å². The van der Waals surface area contributed by atoms with Gasteiger partial charge in [0.25, 0.3) is 0 Å². The lowest BCUT2D eigenvalue weighted by molar-refractivity contribution is -0.137. The van der Waals surface area contributed by atoms with Gasteiger partial charge in [-0.05, 0) is 36.4 Å². The second kappa shape index (κ2) is 7.72. The summed E-state index contributed by atoms with van der Waals surface area (Å²) < 4.78 is 52.2. The highest BCUT2D eigenvalue weighted by Gasteiger charge is 2.31. The standard InChI is InChI=1S/C21H16ClF4N3/c22-17-5-2-13(3-6-17)20-27-10-15-12-29(8-7-19(15)28-20)11-14-1-4-16(9-18(14)23)21(24,25)26/h1-6,9-10H,7-8,11-12H2. The van der Waals surface area contributed by atoms with Gasteiger partial charge in [-0.1, -0.05) is 17.7 Å². The molecular weight excluding hydrogens is 406 g/mol. The van der Waals surface area contributed by atoms with Crippen LogP contribution in [0.4, 0.5) is 17.6 Å². The van der Waals surface area contributed by atoms with Gasteiger partial charge in [0.1, 0.15) is 5.82 Å². The third kappa shape index (κ3) is 4.41. The van der Waals surface area contributed by atoms with Crippen molar-refractivity contribution in [1.82, 2.24) is 14.9 Å². The summed E-state index contributed by atoms with van der Waals surface area (Å²) in [4.78, 5) is 11.0. The van der Waals surface area contributed by atoms with Gasteiger partial charge < -0.3 is 0 Å². The molecule has 3 nitrogen and oxygen atoms in total. The minimum atomic E-state index is -4.55. The predicted molar refractivity (Wildman–Crippen MR) is 102 cm³/mol. The lowest BCUT2D eigenvalue weighted by Crippen LogP contribution is -2.31. The van der Waals surface area contributed by atoms with Crippen molar-refractivity contribution < 1.29 is 17.6 Å². The van der Waals surface area contributed by atoms with E-state index in [1.165, 1.54) is 6.07 Å². The summed E-state index contributed by atoms with van der Waals surface area (Å²) in [5, 5.41) is 0.637. The molecule has 150 valence electrons. The van der Waals surface area contributed by atoms with Crippen LogP contribution in [0.2, 0.25) is 5.02 Å². The van der Waals surface area contributed by atoms with E-state index in [-0.39, 0.29) is 12.1 Å². The van der Waals surface area contributed by atoms with E-state index in [0.29, 0.717) is 36.4 Å². The highest BCUT2D eigenvalue weighted by Crippen LogP contribution is 2.31. The first-order valence-corrected chi connectivity index (χ1v) is 9.36. The van der Waals surface area contributed by atoms with Gasteiger partial charge >= 0.3 is 6.18 Å². The van der Waals surface area contributed by atoms with Crippen molar-refractivity contribution in [1.29, 1.82) is 0 Å². The first-order valence-electron chi connectivity index (χ1n) is 8.98. The van der Waals surface area contributed by atoms with Crippen molar-refractivity contribution in [3.05, 3.63) is 81.9 Å². The Hall–Kier alpha value is -2.51. The largest absolute Gasteiger partial charge is 0.416 e. The molecule has 0 N–H and O–H groups in total. The summed E-state index contributed by atoms with van der Waals surface area (Å²) in [5.74, 6) is -0.234. The quantitative estimate of drug-likeness (QED) is 0.522. The molecule has 0 fully saturated rings. The Morgan fingerprint density at radius 1 is 1.07 bits per heavy atom. The molecule has 29 heavy (non-hydrogen) atoms. The van der Waals surface area contributed by atoms with Crippen LogP contribution < -0.4 is 0 Å². The second-order valence-electron chi connectivity index (χ2n) is 6.94. The first kappa shape index (κ1) is 19.8. The van der Waals surface area contributed by atoms with Crippen LogP contribution in [-0.2, 0) is 25.7 Å². The average molecular weight is 422 g/mol. The van der Waals surface area contributed by atoms with E-state index in [1.54, 1.807) is 18.3 Å². The maximum absolute atomic E-state index is 14.1. The first-order chi connectivity index (χ1) is 13.8. The Morgan fingerprint density at radius 3 is 2.52 bits per heavy atom. The second-order valence-corrected chi connectivity index (χ2v) is 7.37. The molecule has 0 radical (unpaired) electrons. The molecule has 2 aromatic carbocycles. The molecule has 2 heterocycles. The number of rotatable bonds is 3. The molecule has 8 heteroatoms. The van der Waals surface area contributed by atoms with Crippen molar-refractivity contribution in [2.24, 2.45) is 0 Å². The number of hydrogen-bond acceptors (Lipinski definition) is 3. The van der Waals surface area contributed by atoms with Crippen molar-refractivity contribution in [3.63, 3.8) is 0 Å². The molecule has 3 aromatic rings. The van der Waals surface area contributed by atoms with Gasteiger partial charge in [-0.25, -0.2) is 14.4 Å². The van der Waals surface area contributed by atoms with E-state index in [0.717, 1.165) is 22.9 Å². The van der Waals surface area contributed by atoms with Gasteiger partial charge in [0.15, 0.2) is 5.82 Å². The molecule has 4 rings (SSSR count). The zero-order valence-electron chi connectivity index (χ0n) is 15.2. The van der Waals surface area contributed by atoms with E-state index < -0.39 is 17.6 Å². The Balaban J connectivity index is 1.49. The summed E-state index contributed by atoms with van der Waals surface area (Å²) in [6, 6.07) is 9.93. The van der Waals surface area contributed by atoms with Crippen LogP contribution in [0.1, 0.15) is 22.4 Å². The van der Waals surface area contributed by atoms with Crippen LogP contribution in [0.3, 0.4) is 0 Å². The number of alkyl halides is 3. The number of benzene rings is 2. The zero-order chi connectivity index (χ0) is 20.6. The van der Waals surface area contributed by atoms with Crippen molar-refractivity contribution in [2.45, 2.75) is 25.7 Å². The van der Waals surface area contributed by atoms with E-state index in [2.05, 4.69) is 9.97 Å². The van der Waals surface area contributed by atoms with E-state index in [1.807, 2.05) is 17.0 Å². The van der Waals surface area contributed by atoms with Crippen LogP contribution >= 0.6 is 11.6 Å². The molecule has 0 saturated carbocycles. The van der Waals surface area contributed by atoms with E-state index in [9.17, 15) is 17.6 Å². The Labute approximate surface area is 170 Å². The van der Waals surface area contributed by atoms with Gasteiger partial charge in [-0.15, -0.1) is 0 Å². The number of hydrogen-bond donors (Lipinski definition) is 0. The topological polar surface area (TPSA) is 29.0 Å². The molecular formula is C21H16ClF4N3. The van der Waals surface area contributed by atoms with Gasteiger partial charge in [-0.2, -0.15) is 13.2 Å². The maximum Gasteiger partial charge on any atom is 0.416 e. The fourth-order valence-corrected chi connectivity index (χ4v) is 3.47. The van der Waals surface area contributed by atoms with Gasteiger partial charge in [0.2, 0.25) is 0 Å². The molecule has 0 amide bonds. The molecule has 0 saturated heterocycles. The van der Waals surface area contributed by atoms with E-state index in [4.69, 9.17) is 11.6 Å². The molecule has 0 bridgehead atoms. The highest BCUT2D eigenvalue weighted by molar-refractivity contribution is 6.30. The van der Waals surface area contributed by atoms with Crippen molar-refractivity contribution >= 4 is 11.6 Å². The van der Waals surface area contributed by atoms with Gasteiger partial charge in [-0.3, -0.25) is 4.90 Å². The van der Waals surface area contributed by atoms with Gasteiger partial charge in [0, 0.05) is 54.0 Å². The molecule has 1 aliphatic heterocycles. The fraction of sp³-hybridized carbons (Fsp3) is 0.238. The SMILES string of the molecule is Fc1cc(C(F)(F)F)ccc1CN1CCc2nc(-c3ccc(Cl)cc3)ncc2C1. The molecule has 0 unspecified atom stereocenters. The fourth-order valence-electron chi connectivity index (χ4n) is 3.34. The van der Waals surface area contributed by atoms with Crippen LogP contribution in [0, 0.1) is 5.82 Å². The van der Waals surface area contributed by atoms with Crippen LogP contribution in [0.25, 0.3) is 11.4 Å². The summed E-state index contributed by atoms with van der Waals surface area (Å²) in [6.07, 6.45) is -2.15. The summed E-state index contributed by atoms with van der Waals surface area (Å²) >= 11 is 5.91. The third-order valence-electron chi connectivity index (χ3n) is 4.89. The van der Waals surface area contributed by atoms with Crippen LogP contribution in [-0.4, -0.2) is 21.4 Å². The van der Waals surface area contributed by atoms with Gasteiger partial charge in [0.05, 0.1) is 11.3 Å². The minimum Gasteiger partial charge on any atom is -0.294 e. The Kier molecular flexibility index (Phi) is 5.27. The summed E-state index contributed by atoms with van der Waals surface area (Å²) in [7, 11) is 0. The minimum absolute atomic E-state index is 0.225. The number of aromatic nitrogens is 2. The molecule has 1 aliphatic rings.